The zero-order valence-corrected chi connectivity index (χ0v) is 18.6. The molecule has 170 valence electrons. The summed E-state index contributed by atoms with van der Waals surface area (Å²) in [4.78, 5) is 7.67. The predicted molar refractivity (Wildman–Crippen MR) is 129 cm³/mol. The van der Waals surface area contributed by atoms with Crippen LogP contribution in [-0.4, -0.2) is 36.7 Å². The second-order valence-corrected chi connectivity index (χ2v) is 9.59. The Balaban J connectivity index is 1.39. The number of aromatic amines is 1. The number of pyridine rings is 1. The minimum atomic E-state index is -3.89. The van der Waals surface area contributed by atoms with Crippen molar-refractivity contribution in [2.24, 2.45) is 0 Å². The van der Waals surface area contributed by atoms with Gasteiger partial charge in [-0.05, 0) is 42.5 Å². The number of hydrogen-bond acceptors (Lipinski definition) is 6. The topological polar surface area (TPSA) is 114 Å². The summed E-state index contributed by atoms with van der Waals surface area (Å²) in [6.07, 6.45) is 0. The Bertz CT molecular complexity index is 1680. The summed E-state index contributed by atoms with van der Waals surface area (Å²) < 4.78 is 39.7. The zero-order chi connectivity index (χ0) is 23.3. The van der Waals surface area contributed by atoms with Gasteiger partial charge in [0.05, 0.1) is 21.7 Å². The highest BCUT2D eigenvalue weighted by atomic mass is 32.2. The first-order valence-electron chi connectivity index (χ1n) is 10.6. The molecule has 0 aliphatic carbocycles. The molecule has 0 unspecified atom stereocenters. The summed E-state index contributed by atoms with van der Waals surface area (Å²) >= 11 is 0. The van der Waals surface area contributed by atoms with E-state index in [2.05, 4.69) is 14.7 Å². The van der Waals surface area contributed by atoms with Crippen LogP contribution in [0.1, 0.15) is 0 Å². The number of nitrogens with zero attached hydrogens (tertiary/aromatic N) is 1. The normalized spacial score (nSPS) is 13.3. The Labute approximate surface area is 194 Å². The van der Waals surface area contributed by atoms with Crippen LogP contribution in [-0.2, 0) is 10.0 Å². The maximum absolute atomic E-state index is 13.1. The SMILES string of the molecule is O=S(=O)(Nc1ccc2[nH]c(O)c(-c3ccc4ccccc4n3)c2c1)c1ccc2c(c1)OCCO2. The van der Waals surface area contributed by atoms with Gasteiger partial charge < -0.3 is 19.6 Å². The number of rotatable bonds is 4. The standard InChI is InChI=1S/C25H19N3O5S/c29-25-24(21-8-5-15-3-1-2-4-19(15)26-21)18-13-16(6-9-20(18)27-25)28-34(30,31)17-7-10-22-23(14-17)33-12-11-32-22/h1-10,13-14,27-29H,11-12H2. The minimum absolute atomic E-state index is 0.0374. The van der Waals surface area contributed by atoms with E-state index < -0.39 is 10.0 Å². The van der Waals surface area contributed by atoms with Crippen molar-refractivity contribution in [1.82, 2.24) is 9.97 Å². The van der Waals surface area contributed by atoms with Crippen molar-refractivity contribution in [2.45, 2.75) is 4.90 Å². The second kappa shape index (κ2) is 7.67. The van der Waals surface area contributed by atoms with E-state index in [9.17, 15) is 13.5 Å². The van der Waals surface area contributed by atoms with E-state index in [1.54, 1.807) is 24.3 Å². The molecule has 3 heterocycles. The minimum Gasteiger partial charge on any atom is -0.494 e. The van der Waals surface area contributed by atoms with Gasteiger partial charge >= 0.3 is 0 Å². The molecule has 2 aromatic heterocycles. The number of hydrogen-bond donors (Lipinski definition) is 3. The summed E-state index contributed by atoms with van der Waals surface area (Å²) in [5.41, 5.74) is 2.88. The highest BCUT2D eigenvalue weighted by Gasteiger charge is 2.21. The van der Waals surface area contributed by atoms with E-state index in [0.717, 1.165) is 10.9 Å². The van der Waals surface area contributed by atoms with Crippen molar-refractivity contribution >= 4 is 37.5 Å². The van der Waals surface area contributed by atoms with Gasteiger partial charge in [0.25, 0.3) is 10.0 Å². The molecule has 0 saturated carbocycles. The van der Waals surface area contributed by atoms with Crippen LogP contribution in [0.4, 0.5) is 5.69 Å². The number of nitrogens with one attached hydrogen (secondary N) is 2. The van der Waals surface area contributed by atoms with Gasteiger partial charge in [0, 0.05) is 28.0 Å². The van der Waals surface area contributed by atoms with Gasteiger partial charge in [-0.25, -0.2) is 13.4 Å². The molecule has 1 aliphatic heterocycles. The number of anilines is 1. The van der Waals surface area contributed by atoms with Crippen LogP contribution < -0.4 is 14.2 Å². The van der Waals surface area contributed by atoms with Crippen LogP contribution in [0.2, 0.25) is 0 Å². The highest BCUT2D eigenvalue weighted by Crippen LogP contribution is 2.38. The van der Waals surface area contributed by atoms with Gasteiger partial charge in [0.15, 0.2) is 17.4 Å². The Morgan fingerprint density at radius 3 is 2.62 bits per heavy atom. The Morgan fingerprint density at radius 2 is 1.74 bits per heavy atom. The van der Waals surface area contributed by atoms with E-state index in [-0.39, 0.29) is 10.8 Å². The predicted octanol–water partition coefficient (Wildman–Crippen LogP) is 4.66. The molecule has 5 aromatic rings. The maximum atomic E-state index is 13.1. The van der Waals surface area contributed by atoms with Crippen molar-refractivity contribution < 1.29 is 23.0 Å². The summed E-state index contributed by atoms with van der Waals surface area (Å²) in [5, 5.41) is 12.2. The van der Waals surface area contributed by atoms with Gasteiger partial charge in [0.1, 0.15) is 13.2 Å². The van der Waals surface area contributed by atoms with Crippen LogP contribution in [0.15, 0.2) is 77.7 Å². The molecule has 3 N–H and O–H groups in total. The lowest BCUT2D eigenvalue weighted by atomic mass is 10.1. The summed E-state index contributed by atoms with van der Waals surface area (Å²) in [7, 11) is -3.89. The fourth-order valence-electron chi connectivity index (χ4n) is 4.11. The highest BCUT2D eigenvalue weighted by molar-refractivity contribution is 7.92. The van der Waals surface area contributed by atoms with Crippen LogP contribution in [0, 0.1) is 0 Å². The van der Waals surface area contributed by atoms with Crippen molar-refractivity contribution in [3.63, 3.8) is 0 Å². The number of sulfonamides is 1. The molecule has 3 aromatic carbocycles. The zero-order valence-electron chi connectivity index (χ0n) is 17.8. The van der Waals surface area contributed by atoms with Crippen LogP contribution >= 0.6 is 0 Å². The first-order valence-corrected chi connectivity index (χ1v) is 12.1. The molecule has 1 aliphatic rings. The third-order valence-corrected chi connectivity index (χ3v) is 7.09. The molecule has 9 heteroatoms. The summed E-state index contributed by atoms with van der Waals surface area (Å²) in [5.74, 6) is 0.872. The Morgan fingerprint density at radius 1 is 0.912 bits per heavy atom. The third kappa shape index (κ3) is 3.46. The lowest BCUT2D eigenvalue weighted by Crippen LogP contribution is -2.17. The number of H-pyrrole nitrogens is 1. The maximum Gasteiger partial charge on any atom is 0.262 e. The molecule has 0 saturated heterocycles. The van der Waals surface area contributed by atoms with Crippen molar-refractivity contribution in [3.8, 4) is 28.6 Å². The van der Waals surface area contributed by atoms with E-state index in [1.165, 1.54) is 12.1 Å². The van der Waals surface area contributed by atoms with Crippen LogP contribution in [0.5, 0.6) is 17.4 Å². The molecular formula is C25H19N3O5S. The number of para-hydroxylation sites is 1. The average Bonchev–Trinajstić information content (AvgIpc) is 3.18. The number of ether oxygens (including phenoxy) is 2. The van der Waals surface area contributed by atoms with Crippen LogP contribution in [0.3, 0.4) is 0 Å². The monoisotopic (exact) mass is 473 g/mol. The summed E-state index contributed by atoms with van der Waals surface area (Å²) in [6.45, 7) is 0.790. The van der Waals surface area contributed by atoms with Gasteiger partial charge in [-0.2, -0.15) is 0 Å². The van der Waals surface area contributed by atoms with Crippen molar-refractivity contribution in [2.75, 3.05) is 17.9 Å². The lowest BCUT2D eigenvalue weighted by molar-refractivity contribution is 0.171. The average molecular weight is 474 g/mol. The van der Waals surface area contributed by atoms with E-state index >= 15 is 0 Å². The molecule has 0 spiro atoms. The lowest BCUT2D eigenvalue weighted by Gasteiger charge is -2.19. The molecular weight excluding hydrogens is 454 g/mol. The number of aromatic hydroxyl groups is 1. The largest absolute Gasteiger partial charge is 0.494 e. The molecule has 8 nitrogen and oxygen atoms in total. The smallest absolute Gasteiger partial charge is 0.262 e. The van der Waals surface area contributed by atoms with E-state index in [0.29, 0.717) is 52.6 Å². The van der Waals surface area contributed by atoms with Gasteiger partial charge in [-0.15, -0.1) is 0 Å². The molecule has 6 rings (SSSR count). The van der Waals surface area contributed by atoms with E-state index in [1.807, 2.05) is 36.4 Å². The third-order valence-electron chi connectivity index (χ3n) is 5.71. The fourth-order valence-corrected chi connectivity index (χ4v) is 5.18. The molecule has 0 fully saturated rings. The van der Waals surface area contributed by atoms with Gasteiger partial charge in [-0.1, -0.05) is 24.3 Å². The first kappa shape index (κ1) is 20.4. The molecule has 0 radical (unpaired) electrons. The second-order valence-electron chi connectivity index (χ2n) is 7.91. The fraction of sp³-hybridized carbons (Fsp3) is 0.0800. The number of benzene rings is 3. The van der Waals surface area contributed by atoms with Gasteiger partial charge in [0.2, 0.25) is 0 Å². The van der Waals surface area contributed by atoms with Crippen molar-refractivity contribution in [3.05, 3.63) is 72.8 Å². The quantitative estimate of drug-likeness (QED) is 0.350. The first-order chi connectivity index (χ1) is 16.5. The Kier molecular flexibility index (Phi) is 4.59. The number of aromatic nitrogens is 2. The molecule has 0 atom stereocenters. The molecule has 34 heavy (non-hydrogen) atoms. The van der Waals surface area contributed by atoms with E-state index in [4.69, 9.17) is 9.47 Å². The van der Waals surface area contributed by atoms with Crippen LogP contribution in [0.25, 0.3) is 33.1 Å². The molecule has 0 amide bonds. The number of fused-ring (bicyclic) bond motifs is 3. The van der Waals surface area contributed by atoms with Crippen molar-refractivity contribution in [1.29, 1.82) is 0 Å². The summed E-state index contributed by atoms with van der Waals surface area (Å²) in [6, 6.07) is 21.0. The molecule has 0 bridgehead atoms. The van der Waals surface area contributed by atoms with Gasteiger partial charge in [-0.3, -0.25) is 4.72 Å². The Hall–Kier alpha value is -4.24.